The van der Waals surface area contributed by atoms with Crippen molar-refractivity contribution in [2.24, 2.45) is 0 Å². The van der Waals surface area contributed by atoms with Crippen LogP contribution in [0.1, 0.15) is 16.1 Å². The van der Waals surface area contributed by atoms with Crippen LogP contribution >= 0.6 is 15.9 Å². The van der Waals surface area contributed by atoms with Crippen LogP contribution in [-0.4, -0.2) is 18.1 Å². The van der Waals surface area contributed by atoms with Gasteiger partial charge in [-0.3, -0.25) is 0 Å². The highest BCUT2D eigenvalue weighted by Crippen LogP contribution is 2.11. The van der Waals surface area contributed by atoms with Crippen molar-refractivity contribution < 1.29 is 13.9 Å². The standard InChI is InChI=1S/C8H7BrFNO2/c1-13-8(12)5-2-3-7(10)11-6(5)4-9/h2-3H,4H2,1H3. The molecule has 3 nitrogen and oxygen atoms in total. The van der Waals surface area contributed by atoms with Crippen LogP contribution in [0.15, 0.2) is 12.1 Å². The van der Waals surface area contributed by atoms with E-state index in [2.05, 4.69) is 25.7 Å². The lowest BCUT2D eigenvalue weighted by atomic mass is 10.2. The van der Waals surface area contributed by atoms with Gasteiger partial charge in [-0.05, 0) is 12.1 Å². The normalized spacial score (nSPS) is 9.77. The minimum Gasteiger partial charge on any atom is -0.465 e. The van der Waals surface area contributed by atoms with Gasteiger partial charge in [0, 0.05) is 5.33 Å². The SMILES string of the molecule is COC(=O)c1ccc(F)nc1CBr. The molecule has 1 aromatic heterocycles. The summed E-state index contributed by atoms with van der Waals surface area (Å²) in [5.74, 6) is -1.12. The third-order valence-electron chi connectivity index (χ3n) is 1.47. The molecule has 5 heteroatoms. The lowest BCUT2D eigenvalue weighted by Gasteiger charge is -2.03. The number of carbonyl (C=O) groups is 1. The Labute approximate surface area is 83.1 Å². The predicted molar refractivity (Wildman–Crippen MR) is 48.2 cm³/mol. The van der Waals surface area contributed by atoms with E-state index >= 15 is 0 Å². The molecule has 1 rings (SSSR count). The quantitative estimate of drug-likeness (QED) is 0.456. The number of methoxy groups -OCH3 is 1. The van der Waals surface area contributed by atoms with Gasteiger partial charge in [0.05, 0.1) is 18.4 Å². The first-order valence-corrected chi connectivity index (χ1v) is 4.61. The third kappa shape index (κ3) is 2.24. The Bertz CT molecular complexity index is 330. The Balaban J connectivity index is 3.13. The minimum absolute atomic E-state index is 0.278. The lowest BCUT2D eigenvalue weighted by molar-refractivity contribution is 0.0599. The number of esters is 1. The first kappa shape index (κ1) is 10.1. The number of carbonyl (C=O) groups excluding carboxylic acids is 1. The van der Waals surface area contributed by atoms with E-state index in [4.69, 9.17) is 0 Å². The van der Waals surface area contributed by atoms with Gasteiger partial charge in [-0.2, -0.15) is 4.39 Å². The fraction of sp³-hybridized carbons (Fsp3) is 0.250. The molecule has 0 bridgehead atoms. The van der Waals surface area contributed by atoms with Gasteiger partial charge in [0.25, 0.3) is 0 Å². The zero-order valence-corrected chi connectivity index (χ0v) is 8.47. The summed E-state index contributed by atoms with van der Waals surface area (Å²) in [5.41, 5.74) is 0.618. The number of aromatic nitrogens is 1. The Hall–Kier alpha value is -0.970. The van der Waals surface area contributed by atoms with Gasteiger partial charge in [0.2, 0.25) is 5.95 Å². The topological polar surface area (TPSA) is 39.2 Å². The highest BCUT2D eigenvalue weighted by molar-refractivity contribution is 9.08. The molecule has 0 amide bonds. The second-order valence-corrected chi connectivity index (χ2v) is 2.81. The van der Waals surface area contributed by atoms with Crippen LogP contribution in [-0.2, 0) is 10.1 Å². The number of hydrogen-bond donors (Lipinski definition) is 0. The Morgan fingerprint density at radius 2 is 2.38 bits per heavy atom. The average Bonchev–Trinajstić information content (AvgIpc) is 2.16. The molecule has 0 N–H and O–H groups in total. The Morgan fingerprint density at radius 1 is 1.69 bits per heavy atom. The molecule has 0 saturated heterocycles. The molecule has 1 heterocycles. The van der Waals surface area contributed by atoms with Gasteiger partial charge in [0.1, 0.15) is 0 Å². The number of nitrogens with zero attached hydrogens (tertiary/aromatic N) is 1. The summed E-state index contributed by atoms with van der Waals surface area (Å²) < 4.78 is 17.1. The van der Waals surface area contributed by atoms with Crippen molar-refractivity contribution in [3.63, 3.8) is 0 Å². The van der Waals surface area contributed by atoms with E-state index < -0.39 is 11.9 Å². The van der Waals surface area contributed by atoms with Crippen molar-refractivity contribution in [3.8, 4) is 0 Å². The van der Waals surface area contributed by atoms with Crippen LogP contribution in [0.5, 0.6) is 0 Å². The van der Waals surface area contributed by atoms with Gasteiger partial charge in [0.15, 0.2) is 0 Å². The number of ether oxygens (including phenoxy) is 1. The van der Waals surface area contributed by atoms with Gasteiger partial charge in [-0.15, -0.1) is 0 Å². The van der Waals surface area contributed by atoms with Crippen LogP contribution in [0.3, 0.4) is 0 Å². The third-order valence-corrected chi connectivity index (χ3v) is 2.00. The van der Waals surface area contributed by atoms with Crippen molar-refractivity contribution in [2.45, 2.75) is 5.33 Å². The van der Waals surface area contributed by atoms with Gasteiger partial charge >= 0.3 is 5.97 Å². The maximum atomic E-state index is 12.6. The van der Waals surface area contributed by atoms with Gasteiger partial charge < -0.3 is 4.74 Å². The molecular weight excluding hydrogens is 241 g/mol. The average molecular weight is 248 g/mol. The van der Waals surface area contributed by atoms with Crippen molar-refractivity contribution in [1.29, 1.82) is 0 Å². The van der Waals surface area contributed by atoms with E-state index in [0.29, 0.717) is 11.0 Å². The van der Waals surface area contributed by atoms with E-state index in [1.54, 1.807) is 0 Å². The fourth-order valence-corrected chi connectivity index (χ4v) is 1.30. The highest BCUT2D eigenvalue weighted by Gasteiger charge is 2.12. The van der Waals surface area contributed by atoms with E-state index in [0.717, 1.165) is 6.07 Å². The van der Waals surface area contributed by atoms with Crippen molar-refractivity contribution in [1.82, 2.24) is 4.98 Å². The number of halogens is 2. The van der Waals surface area contributed by atoms with E-state index in [9.17, 15) is 9.18 Å². The zero-order valence-electron chi connectivity index (χ0n) is 6.88. The van der Waals surface area contributed by atoms with Gasteiger partial charge in [-0.1, -0.05) is 15.9 Å². The number of alkyl halides is 1. The molecule has 13 heavy (non-hydrogen) atoms. The summed E-state index contributed by atoms with van der Waals surface area (Å²) >= 11 is 3.10. The molecule has 0 spiro atoms. The molecule has 0 aliphatic heterocycles. The Morgan fingerprint density at radius 3 is 2.92 bits per heavy atom. The summed E-state index contributed by atoms with van der Waals surface area (Å²) in [5, 5.41) is 0.315. The maximum absolute atomic E-state index is 12.6. The molecular formula is C8H7BrFNO2. The van der Waals surface area contributed by atoms with Crippen molar-refractivity contribution in [3.05, 3.63) is 29.3 Å². The summed E-state index contributed by atoms with van der Waals surface area (Å²) in [4.78, 5) is 14.6. The molecule has 0 atom stereocenters. The summed E-state index contributed by atoms with van der Waals surface area (Å²) in [7, 11) is 1.27. The highest BCUT2D eigenvalue weighted by atomic mass is 79.9. The fourth-order valence-electron chi connectivity index (χ4n) is 0.872. The largest absolute Gasteiger partial charge is 0.465 e. The minimum atomic E-state index is -0.609. The molecule has 0 unspecified atom stereocenters. The van der Waals surface area contributed by atoms with Crippen LogP contribution in [0.2, 0.25) is 0 Å². The molecule has 0 radical (unpaired) electrons. The van der Waals surface area contributed by atoms with E-state index in [1.165, 1.54) is 13.2 Å². The second-order valence-electron chi connectivity index (χ2n) is 2.25. The van der Waals surface area contributed by atoms with E-state index in [1.807, 2.05) is 0 Å². The van der Waals surface area contributed by atoms with Crippen LogP contribution < -0.4 is 0 Å². The van der Waals surface area contributed by atoms with Crippen LogP contribution in [0.25, 0.3) is 0 Å². The van der Waals surface area contributed by atoms with Gasteiger partial charge in [-0.25, -0.2) is 9.78 Å². The maximum Gasteiger partial charge on any atom is 0.339 e. The van der Waals surface area contributed by atoms with Crippen molar-refractivity contribution in [2.75, 3.05) is 7.11 Å². The predicted octanol–water partition coefficient (Wildman–Crippen LogP) is 1.90. The summed E-state index contributed by atoms with van der Waals surface area (Å²) in [6, 6.07) is 2.48. The molecule has 0 fully saturated rings. The van der Waals surface area contributed by atoms with Crippen molar-refractivity contribution >= 4 is 21.9 Å². The summed E-state index contributed by atoms with van der Waals surface area (Å²) in [6.45, 7) is 0. The number of rotatable bonds is 2. The second kappa shape index (κ2) is 4.32. The molecule has 0 aliphatic carbocycles. The first-order valence-electron chi connectivity index (χ1n) is 3.48. The monoisotopic (exact) mass is 247 g/mol. The smallest absolute Gasteiger partial charge is 0.339 e. The van der Waals surface area contributed by atoms with E-state index in [-0.39, 0.29) is 5.56 Å². The Kier molecular flexibility index (Phi) is 3.36. The molecule has 0 aromatic carbocycles. The molecule has 70 valence electrons. The zero-order chi connectivity index (χ0) is 9.84. The number of hydrogen-bond acceptors (Lipinski definition) is 3. The molecule has 1 aromatic rings. The first-order chi connectivity index (χ1) is 6.19. The molecule has 0 aliphatic rings. The molecule has 0 saturated carbocycles. The number of pyridine rings is 1. The summed E-state index contributed by atoms with van der Waals surface area (Å²) in [6.07, 6.45) is 0. The lowest BCUT2D eigenvalue weighted by Crippen LogP contribution is -2.07. The van der Waals surface area contributed by atoms with Crippen LogP contribution in [0.4, 0.5) is 4.39 Å². The van der Waals surface area contributed by atoms with Crippen LogP contribution in [0, 0.1) is 5.95 Å².